The zero-order valence-corrected chi connectivity index (χ0v) is 37.6. The van der Waals surface area contributed by atoms with Crippen molar-refractivity contribution in [2.75, 3.05) is 20.1 Å². The smallest absolute Gasteiger partial charge is 0.405 e. The Morgan fingerprint density at radius 3 is 2.21 bits per heavy atom. The molecular formula is C42H59ClN8O9S. The largest absolute Gasteiger partial charge is 0.487 e. The van der Waals surface area contributed by atoms with Gasteiger partial charge in [0.15, 0.2) is 0 Å². The van der Waals surface area contributed by atoms with Crippen LogP contribution in [0.25, 0.3) is 0 Å². The van der Waals surface area contributed by atoms with Gasteiger partial charge in [-0.1, -0.05) is 42.8 Å². The number of halogens is 1. The van der Waals surface area contributed by atoms with Crippen molar-refractivity contribution in [2.24, 2.45) is 10.7 Å². The van der Waals surface area contributed by atoms with Gasteiger partial charge in [-0.3, -0.25) is 24.2 Å². The molecule has 3 rings (SSSR count). The first kappa shape index (κ1) is 49.7. The maximum atomic E-state index is 13.9. The Kier molecular flexibility index (Phi) is 16.9. The Morgan fingerprint density at radius 1 is 1.02 bits per heavy atom. The zero-order chi connectivity index (χ0) is 46.0. The van der Waals surface area contributed by atoms with Crippen molar-refractivity contribution in [1.29, 1.82) is 0 Å². The number of carbonyl (C=O) groups is 5. The van der Waals surface area contributed by atoms with E-state index >= 15 is 0 Å². The number of rotatable bonds is 20. The molecule has 0 aromatic heterocycles. The summed E-state index contributed by atoms with van der Waals surface area (Å²) in [5, 5.41) is 20.0. The summed E-state index contributed by atoms with van der Waals surface area (Å²) in [5.74, 6) is -2.55. The highest BCUT2D eigenvalue weighted by molar-refractivity contribution is 7.90. The number of sulfonamides is 1. The van der Waals surface area contributed by atoms with Crippen LogP contribution in [0.4, 0.5) is 4.79 Å². The Hall–Kier alpha value is -5.62. The summed E-state index contributed by atoms with van der Waals surface area (Å²) in [7, 11) is -2.65. The molecule has 4 atom stereocenters. The van der Waals surface area contributed by atoms with E-state index in [0.29, 0.717) is 39.4 Å². The first-order chi connectivity index (χ1) is 28.4. The number of likely N-dealkylation sites (N-methyl/N-ethyl adjacent to an activating group) is 1. The number of carboxylic acid groups (broad SMARTS) is 1. The molecule has 19 heteroatoms. The second-order valence-corrected chi connectivity index (χ2v) is 17.9. The quantitative estimate of drug-likeness (QED) is 0.0438. The third kappa shape index (κ3) is 12.7. The van der Waals surface area contributed by atoms with Crippen LogP contribution >= 0.6 is 11.6 Å². The average molecular weight is 888 g/mol. The van der Waals surface area contributed by atoms with Gasteiger partial charge in [0.2, 0.25) is 29.6 Å². The number of ether oxygens (including phenoxy) is 1. The topological polar surface area (TPSA) is 251 Å². The minimum atomic E-state index is -4.20. The number of nitrogens with one attached hydrogen (secondary N) is 5. The molecule has 1 heterocycles. The maximum Gasteiger partial charge on any atom is 0.405 e. The number of nitrogens with zero attached hydrogens (tertiary/aromatic N) is 2. The lowest BCUT2D eigenvalue weighted by Crippen LogP contribution is -2.61. The summed E-state index contributed by atoms with van der Waals surface area (Å²) >= 11 is 6.07. The number of fused-ring (bicyclic) bond motifs is 1. The molecule has 0 radical (unpaired) electrons. The molecular weight excluding hydrogens is 828 g/mol. The van der Waals surface area contributed by atoms with Crippen LogP contribution in [-0.4, -0.2) is 97.5 Å². The zero-order valence-electron chi connectivity index (χ0n) is 36.0. The van der Waals surface area contributed by atoms with Crippen LogP contribution in [0.1, 0.15) is 87.2 Å². The average Bonchev–Trinajstić information content (AvgIpc) is 3.51. The van der Waals surface area contributed by atoms with Gasteiger partial charge >= 0.3 is 6.09 Å². The van der Waals surface area contributed by atoms with Crippen molar-refractivity contribution in [2.45, 2.75) is 115 Å². The fourth-order valence-electron chi connectivity index (χ4n) is 6.99. The van der Waals surface area contributed by atoms with Gasteiger partial charge in [0, 0.05) is 37.1 Å². The molecule has 1 aliphatic heterocycles. The standard InChI is InChI=1S/C42H59ClN8O9S/c1-11-20-42(9,49-40(56)57)38(55)47-31(36(53)46-30(13-3)35(52)48-32(37(54)51(10)22-12-2)27-16-18-28(43)19-17-27)15-14-21-45-39(44)50-61(58,59)34-25(5)24(4)33-29(26(34)6)23-41(7,8)60-33/h11-12,16-19,30-32,49H,1-2,13-15,20-23H2,3-10H3,(H,46,53)(H,47,55)(H,48,52)(H,56,57)(H3,44,45,50). The summed E-state index contributed by atoms with van der Waals surface area (Å²) in [5.41, 5.74) is 6.83. The molecule has 0 bridgehead atoms. The van der Waals surface area contributed by atoms with Gasteiger partial charge < -0.3 is 41.7 Å². The first-order valence-electron chi connectivity index (χ1n) is 19.7. The molecule has 17 nitrogen and oxygen atoms in total. The van der Waals surface area contributed by atoms with E-state index in [9.17, 15) is 37.5 Å². The van der Waals surface area contributed by atoms with E-state index in [0.717, 1.165) is 5.56 Å². The highest BCUT2D eigenvalue weighted by Crippen LogP contribution is 2.43. The third-order valence-electron chi connectivity index (χ3n) is 10.3. The number of guanidine groups is 1. The van der Waals surface area contributed by atoms with Gasteiger partial charge in [-0.05, 0) is 102 Å². The van der Waals surface area contributed by atoms with Crippen LogP contribution in [0, 0.1) is 20.8 Å². The lowest BCUT2D eigenvalue weighted by molar-refractivity contribution is -0.137. The molecule has 0 aliphatic carbocycles. The van der Waals surface area contributed by atoms with E-state index in [1.165, 1.54) is 24.0 Å². The first-order valence-corrected chi connectivity index (χ1v) is 21.6. The molecule has 8 N–H and O–H groups in total. The van der Waals surface area contributed by atoms with Crippen molar-refractivity contribution < 1.29 is 42.2 Å². The van der Waals surface area contributed by atoms with Gasteiger partial charge in [-0.15, -0.1) is 13.2 Å². The van der Waals surface area contributed by atoms with E-state index in [-0.39, 0.29) is 43.7 Å². The van der Waals surface area contributed by atoms with Crippen LogP contribution < -0.4 is 36.5 Å². The molecule has 1 aliphatic rings. The monoisotopic (exact) mass is 886 g/mol. The van der Waals surface area contributed by atoms with Gasteiger partial charge in [0.05, 0.1) is 4.90 Å². The fourth-order valence-corrected chi connectivity index (χ4v) is 8.64. The molecule has 2 aromatic carbocycles. The van der Waals surface area contributed by atoms with E-state index in [2.05, 4.69) is 44.1 Å². The summed E-state index contributed by atoms with van der Waals surface area (Å²) in [6, 6.07) is 2.64. The molecule has 0 saturated carbocycles. The Balaban J connectivity index is 1.85. The molecule has 0 spiro atoms. The number of benzene rings is 2. The fraction of sp³-hybridized carbons (Fsp3) is 0.476. The van der Waals surface area contributed by atoms with Crippen LogP contribution in [0.3, 0.4) is 0 Å². The SMILES string of the molecule is C=CCN(C)C(=O)C(NC(=O)C(CC)NC(=O)C(CCCN=C(N)NS(=O)(=O)c1c(C)c(C)c2c(c1C)CC(C)(C)O2)NC(=O)C(C)(CC=C)NC(=O)O)c1ccc(Cl)cc1. The highest BCUT2D eigenvalue weighted by atomic mass is 35.5. The second-order valence-electron chi connectivity index (χ2n) is 15.8. The summed E-state index contributed by atoms with van der Waals surface area (Å²) in [6.07, 6.45) is 1.81. The summed E-state index contributed by atoms with van der Waals surface area (Å²) in [4.78, 5) is 72.0. The van der Waals surface area contributed by atoms with E-state index in [1.54, 1.807) is 59.0 Å². The van der Waals surface area contributed by atoms with Crippen LogP contribution in [0.15, 0.2) is 59.5 Å². The normalized spacial score (nSPS) is 15.7. The van der Waals surface area contributed by atoms with Gasteiger partial charge in [-0.2, -0.15) is 0 Å². The van der Waals surface area contributed by atoms with Crippen LogP contribution in [0.2, 0.25) is 5.02 Å². The number of nitrogens with two attached hydrogens (primary N) is 1. The van der Waals surface area contributed by atoms with Crippen LogP contribution in [-0.2, 0) is 35.6 Å². The highest BCUT2D eigenvalue weighted by Gasteiger charge is 2.39. The molecule has 334 valence electrons. The van der Waals surface area contributed by atoms with Gasteiger partial charge in [0.1, 0.15) is 35.0 Å². The lowest BCUT2D eigenvalue weighted by atomic mass is 9.94. The number of amides is 5. The Morgan fingerprint density at radius 2 is 1.64 bits per heavy atom. The Bertz CT molecular complexity index is 2160. The van der Waals surface area contributed by atoms with E-state index in [1.807, 2.05) is 13.8 Å². The second kappa shape index (κ2) is 20.8. The number of carbonyl (C=O) groups excluding carboxylic acids is 4. The number of hydrogen-bond acceptors (Lipinski definition) is 9. The summed E-state index contributed by atoms with van der Waals surface area (Å²) < 4.78 is 35.8. The lowest BCUT2D eigenvalue weighted by Gasteiger charge is -2.30. The van der Waals surface area contributed by atoms with Crippen molar-refractivity contribution in [3.05, 3.63) is 82.4 Å². The molecule has 2 aromatic rings. The van der Waals surface area contributed by atoms with E-state index in [4.69, 9.17) is 22.1 Å². The Labute approximate surface area is 363 Å². The number of hydrogen-bond donors (Lipinski definition) is 7. The van der Waals surface area contributed by atoms with Crippen molar-refractivity contribution >= 4 is 57.3 Å². The molecule has 0 fully saturated rings. The minimum Gasteiger partial charge on any atom is -0.487 e. The minimum absolute atomic E-state index is 0.0690. The third-order valence-corrected chi connectivity index (χ3v) is 12.2. The molecule has 0 saturated heterocycles. The van der Waals surface area contributed by atoms with Crippen LogP contribution in [0.5, 0.6) is 5.75 Å². The molecule has 4 unspecified atom stereocenters. The predicted octanol–water partition coefficient (Wildman–Crippen LogP) is 3.84. The van der Waals surface area contributed by atoms with Crippen molar-refractivity contribution in [3.8, 4) is 5.75 Å². The number of aliphatic imine (C=N–C) groups is 1. The van der Waals surface area contributed by atoms with Crippen molar-refractivity contribution in [1.82, 2.24) is 30.9 Å². The van der Waals surface area contributed by atoms with Gasteiger partial charge in [0.25, 0.3) is 10.0 Å². The van der Waals surface area contributed by atoms with Crippen molar-refractivity contribution in [3.63, 3.8) is 0 Å². The predicted molar refractivity (Wildman–Crippen MR) is 234 cm³/mol. The summed E-state index contributed by atoms with van der Waals surface area (Å²) in [6.45, 7) is 19.4. The molecule has 61 heavy (non-hydrogen) atoms. The van der Waals surface area contributed by atoms with E-state index < -0.39 is 75.0 Å². The molecule has 5 amide bonds. The maximum absolute atomic E-state index is 13.9. The van der Waals surface area contributed by atoms with Gasteiger partial charge in [-0.25, -0.2) is 17.9 Å².